The van der Waals surface area contributed by atoms with E-state index < -0.39 is 0 Å². The first-order valence-electron chi connectivity index (χ1n) is 6.15. The van der Waals surface area contributed by atoms with Crippen LogP contribution in [0, 0.1) is 11.3 Å². The van der Waals surface area contributed by atoms with Crippen LogP contribution in [-0.2, 0) is 4.79 Å². The summed E-state index contributed by atoms with van der Waals surface area (Å²) in [6.45, 7) is 3.00. The topological polar surface area (TPSA) is 108 Å². The molecule has 1 amide bonds. The lowest BCUT2D eigenvalue weighted by Gasteiger charge is -2.32. The Balaban J connectivity index is 2.03. The zero-order valence-electron chi connectivity index (χ0n) is 10.8. The Morgan fingerprint density at radius 1 is 1.68 bits per heavy atom. The van der Waals surface area contributed by atoms with E-state index in [9.17, 15) is 4.79 Å². The van der Waals surface area contributed by atoms with Gasteiger partial charge in [0.2, 0.25) is 11.9 Å². The van der Waals surface area contributed by atoms with Crippen molar-refractivity contribution in [1.29, 1.82) is 5.26 Å². The van der Waals surface area contributed by atoms with Crippen LogP contribution in [-0.4, -0.2) is 39.9 Å². The number of nitrogen functional groups attached to an aromatic ring is 1. The van der Waals surface area contributed by atoms with Gasteiger partial charge in [-0.05, 0) is 12.8 Å². The van der Waals surface area contributed by atoms with Gasteiger partial charge >= 0.3 is 0 Å². The molecule has 1 aromatic rings. The van der Waals surface area contributed by atoms with E-state index in [-0.39, 0.29) is 23.3 Å². The van der Waals surface area contributed by atoms with E-state index >= 15 is 0 Å². The Morgan fingerprint density at radius 2 is 2.47 bits per heavy atom. The summed E-state index contributed by atoms with van der Waals surface area (Å²) in [4.78, 5) is 21.2. The molecular weight excluding hydrogens is 244 g/mol. The number of nitriles is 1. The number of likely N-dealkylation sites (tertiary alicyclic amines) is 1. The minimum Gasteiger partial charge on any atom is -0.382 e. The van der Waals surface area contributed by atoms with E-state index in [0.717, 1.165) is 19.4 Å². The van der Waals surface area contributed by atoms with Gasteiger partial charge in [0.25, 0.3) is 0 Å². The predicted molar refractivity (Wildman–Crippen MR) is 70.1 cm³/mol. The number of anilines is 2. The number of carbonyl (C=O) groups is 1. The van der Waals surface area contributed by atoms with E-state index in [4.69, 9.17) is 11.0 Å². The van der Waals surface area contributed by atoms with Crippen LogP contribution >= 0.6 is 0 Å². The van der Waals surface area contributed by atoms with Gasteiger partial charge in [0.1, 0.15) is 17.5 Å². The van der Waals surface area contributed by atoms with Gasteiger partial charge in [0.05, 0.1) is 6.20 Å². The highest BCUT2D eigenvalue weighted by atomic mass is 16.2. The fourth-order valence-electron chi connectivity index (χ4n) is 2.11. The minimum atomic E-state index is 0.0757. The van der Waals surface area contributed by atoms with E-state index in [1.165, 1.54) is 6.20 Å². The summed E-state index contributed by atoms with van der Waals surface area (Å²) < 4.78 is 0. The number of nitrogens with zero attached hydrogens (tertiary/aromatic N) is 4. The molecule has 7 nitrogen and oxygen atoms in total. The van der Waals surface area contributed by atoms with Crippen LogP contribution in [0.25, 0.3) is 0 Å². The number of hydrogen-bond acceptors (Lipinski definition) is 6. The maximum atomic E-state index is 11.3. The molecule has 100 valence electrons. The third-order valence-electron chi connectivity index (χ3n) is 3.14. The largest absolute Gasteiger partial charge is 0.382 e. The first-order chi connectivity index (χ1) is 9.10. The highest BCUT2D eigenvalue weighted by Gasteiger charge is 2.22. The fourth-order valence-corrected chi connectivity index (χ4v) is 2.11. The van der Waals surface area contributed by atoms with Crippen molar-refractivity contribution < 1.29 is 4.79 Å². The number of piperidine rings is 1. The summed E-state index contributed by atoms with van der Waals surface area (Å²) in [5.74, 6) is 0.637. The molecule has 1 atom stereocenters. The van der Waals surface area contributed by atoms with Crippen molar-refractivity contribution in [1.82, 2.24) is 14.9 Å². The second kappa shape index (κ2) is 5.52. The van der Waals surface area contributed by atoms with Crippen molar-refractivity contribution in [2.24, 2.45) is 0 Å². The first-order valence-corrected chi connectivity index (χ1v) is 6.15. The normalized spacial score (nSPS) is 18.7. The standard InChI is InChI=1S/C12H16N6O/c1-8(19)18-4-2-3-10(7-18)16-12-15-6-9(5-13)11(14)17-12/h6,10H,2-4,7H2,1H3,(H3,14,15,16,17)/t10-/m1/s1. The average molecular weight is 260 g/mol. The van der Waals surface area contributed by atoms with Gasteiger partial charge in [-0.25, -0.2) is 4.98 Å². The molecule has 0 aliphatic carbocycles. The number of carbonyl (C=O) groups excluding carboxylic acids is 1. The Morgan fingerprint density at radius 3 is 3.11 bits per heavy atom. The molecule has 0 bridgehead atoms. The molecule has 0 saturated carbocycles. The molecule has 7 heteroatoms. The molecule has 0 aromatic carbocycles. The quantitative estimate of drug-likeness (QED) is 0.794. The summed E-state index contributed by atoms with van der Waals surface area (Å²) in [6.07, 6.45) is 3.30. The molecule has 2 rings (SSSR count). The Labute approximate surface area is 111 Å². The Hall–Kier alpha value is -2.36. The maximum Gasteiger partial charge on any atom is 0.224 e. The molecule has 0 radical (unpaired) electrons. The van der Waals surface area contributed by atoms with Gasteiger partial charge in [-0.2, -0.15) is 10.2 Å². The third-order valence-corrected chi connectivity index (χ3v) is 3.14. The zero-order chi connectivity index (χ0) is 13.8. The molecule has 1 fully saturated rings. The molecule has 1 aliphatic heterocycles. The van der Waals surface area contributed by atoms with Gasteiger partial charge in [-0.3, -0.25) is 4.79 Å². The molecule has 2 heterocycles. The zero-order valence-corrected chi connectivity index (χ0v) is 10.8. The van der Waals surface area contributed by atoms with Crippen molar-refractivity contribution in [3.05, 3.63) is 11.8 Å². The SMILES string of the molecule is CC(=O)N1CCC[C@@H](Nc2ncc(C#N)c(N)n2)C1. The molecule has 3 N–H and O–H groups in total. The lowest BCUT2D eigenvalue weighted by Crippen LogP contribution is -2.44. The summed E-state index contributed by atoms with van der Waals surface area (Å²) in [5, 5.41) is 11.9. The predicted octanol–water partition coefficient (Wildman–Crippen LogP) is 0.353. The summed E-state index contributed by atoms with van der Waals surface area (Å²) in [5.41, 5.74) is 5.90. The maximum absolute atomic E-state index is 11.3. The monoisotopic (exact) mass is 260 g/mol. The van der Waals surface area contributed by atoms with Crippen molar-refractivity contribution in [2.75, 3.05) is 24.1 Å². The van der Waals surface area contributed by atoms with E-state index in [1.54, 1.807) is 11.8 Å². The first kappa shape index (κ1) is 13.1. The molecule has 1 saturated heterocycles. The molecule has 1 aliphatic rings. The second-order valence-electron chi connectivity index (χ2n) is 4.55. The lowest BCUT2D eigenvalue weighted by atomic mass is 10.1. The van der Waals surface area contributed by atoms with Crippen molar-refractivity contribution in [3.63, 3.8) is 0 Å². The average Bonchev–Trinajstić information content (AvgIpc) is 2.39. The van der Waals surface area contributed by atoms with Crippen LogP contribution in [0.1, 0.15) is 25.3 Å². The van der Waals surface area contributed by atoms with Gasteiger partial charge in [-0.1, -0.05) is 0 Å². The smallest absolute Gasteiger partial charge is 0.224 e. The molecule has 0 spiro atoms. The molecule has 0 unspecified atom stereocenters. The summed E-state index contributed by atoms with van der Waals surface area (Å²) in [6, 6.07) is 2.03. The summed E-state index contributed by atoms with van der Waals surface area (Å²) >= 11 is 0. The van der Waals surface area contributed by atoms with E-state index in [0.29, 0.717) is 12.5 Å². The van der Waals surface area contributed by atoms with E-state index in [1.807, 2.05) is 6.07 Å². The minimum absolute atomic E-state index is 0.0757. The lowest BCUT2D eigenvalue weighted by molar-refractivity contribution is -0.129. The van der Waals surface area contributed by atoms with Crippen LogP contribution in [0.2, 0.25) is 0 Å². The van der Waals surface area contributed by atoms with Gasteiger partial charge in [0.15, 0.2) is 0 Å². The van der Waals surface area contributed by atoms with Crippen molar-refractivity contribution in [2.45, 2.75) is 25.8 Å². The number of rotatable bonds is 2. The van der Waals surface area contributed by atoms with Crippen LogP contribution < -0.4 is 11.1 Å². The van der Waals surface area contributed by atoms with Gasteiger partial charge in [0, 0.05) is 26.1 Å². The second-order valence-corrected chi connectivity index (χ2v) is 4.55. The van der Waals surface area contributed by atoms with Crippen molar-refractivity contribution in [3.8, 4) is 6.07 Å². The molecule has 1 aromatic heterocycles. The van der Waals surface area contributed by atoms with Gasteiger partial charge in [-0.15, -0.1) is 0 Å². The Bertz CT molecular complexity index is 523. The summed E-state index contributed by atoms with van der Waals surface area (Å²) in [7, 11) is 0. The van der Waals surface area contributed by atoms with Crippen LogP contribution in [0.5, 0.6) is 0 Å². The van der Waals surface area contributed by atoms with Crippen LogP contribution in [0.15, 0.2) is 6.20 Å². The number of hydrogen-bond donors (Lipinski definition) is 2. The molecule has 19 heavy (non-hydrogen) atoms. The highest BCUT2D eigenvalue weighted by Crippen LogP contribution is 2.15. The number of nitrogens with two attached hydrogens (primary N) is 1. The number of aromatic nitrogens is 2. The van der Waals surface area contributed by atoms with Gasteiger partial charge < -0.3 is 16.0 Å². The number of nitrogens with one attached hydrogen (secondary N) is 1. The third kappa shape index (κ3) is 3.10. The molecular formula is C12H16N6O. The number of amides is 1. The highest BCUT2D eigenvalue weighted by molar-refractivity contribution is 5.73. The fraction of sp³-hybridized carbons (Fsp3) is 0.500. The Kier molecular flexibility index (Phi) is 3.80. The van der Waals surface area contributed by atoms with Crippen LogP contribution in [0.3, 0.4) is 0 Å². The van der Waals surface area contributed by atoms with Crippen molar-refractivity contribution >= 4 is 17.7 Å². The van der Waals surface area contributed by atoms with E-state index in [2.05, 4.69) is 15.3 Å². The van der Waals surface area contributed by atoms with Crippen LogP contribution in [0.4, 0.5) is 11.8 Å².